The molecule has 18 heavy (non-hydrogen) atoms. The molecule has 94 valence electrons. The van der Waals surface area contributed by atoms with Crippen molar-refractivity contribution in [3.63, 3.8) is 0 Å². The molecule has 0 bridgehead atoms. The van der Waals surface area contributed by atoms with Gasteiger partial charge in [-0.1, -0.05) is 23.7 Å². The van der Waals surface area contributed by atoms with Crippen LogP contribution in [0.25, 0.3) is 5.69 Å². The third-order valence-corrected chi connectivity index (χ3v) is 2.28. The minimum absolute atomic E-state index is 0.125. The van der Waals surface area contributed by atoms with E-state index < -0.39 is 12.2 Å². The van der Waals surface area contributed by atoms with Crippen LogP contribution in [-0.4, -0.2) is 16.4 Å². The predicted molar refractivity (Wildman–Crippen MR) is 61.5 cm³/mol. The van der Waals surface area contributed by atoms with Gasteiger partial charge in [0.1, 0.15) is 5.69 Å². The fraction of sp³-hybridized carbons (Fsp3) is 0.0909. The number of alkyl halides is 2. The second kappa shape index (κ2) is 5.14. The molecular weight excluding hydrogens is 266 g/mol. The molecule has 0 N–H and O–H groups in total. The molecule has 0 aliphatic heterocycles. The van der Waals surface area contributed by atoms with Crippen molar-refractivity contribution in [2.45, 2.75) is 6.61 Å². The lowest BCUT2D eigenvalue weighted by Gasteiger charge is -2.10. The lowest BCUT2D eigenvalue weighted by Crippen LogP contribution is -2.20. The predicted octanol–water partition coefficient (Wildman–Crippen LogP) is 2.49. The molecule has 0 amide bonds. The lowest BCUT2D eigenvalue weighted by molar-refractivity contribution is -0.0499. The first-order valence-electron chi connectivity index (χ1n) is 4.87. The molecular formula is C11H7ClF2N2O2. The van der Waals surface area contributed by atoms with E-state index in [4.69, 9.17) is 11.6 Å². The average Bonchev–Trinajstić information content (AvgIpc) is 2.30. The molecule has 4 nitrogen and oxygen atoms in total. The van der Waals surface area contributed by atoms with Crippen LogP contribution in [0.3, 0.4) is 0 Å². The molecule has 0 aliphatic rings. The average molecular weight is 273 g/mol. The summed E-state index contributed by atoms with van der Waals surface area (Å²) in [6.45, 7) is -2.98. The molecule has 2 aromatic rings. The van der Waals surface area contributed by atoms with E-state index in [1.54, 1.807) is 6.07 Å². The molecule has 0 saturated heterocycles. The number of nitrogens with zero attached hydrogens (tertiary/aromatic N) is 2. The fourth-order valence-electron chi connectivity index (χ4n) is 1.39. The van der Waals surface area contributed by atoms with Gasteiger partial charge in [0.25, 0.3) is 5.56 Å². The normalized spacial score (nSPS) is 10.7. The molecule has 0 aliphatic carbocycles. The van der Waals surface area contributed by atoms with Crippen molar-refractivity contribution >= 4 is 11.6 Å². The van der Waals surface area contributed by atoms with Crippen LogP contribution >= 0.6 is 11.6 Å². The first kappa shape index (κ1) is 12.5. The zero-order valence-corrected chi connectivity index (χ0v) is 9.64. The van der Waals surface area contributed by atoms with Crippen molar-refractivity contribution in [1.82, 2.24) is 9.78 Å². The van der Waals surface area contributed by atoms with Gasteiger partial charge in [0.05, 0.1) is 11.2 Å². The number of hydrogen-bond acceptors (Lipinski definition) is 3. The van der Waals surface area contributed by atoms with Gasteiger partial charge < -0.3 is 4.74 Å². The number of para-hydroxylation sites is 2. The van der Waals surface area contributed by atoms with E-state index in [-0.39, 0.29) is 16.5 Å². The summed E-state index contributed by atoms with van der Waals surface area (Å²) in [5, 5.41) is 3.93. The molecule has 0 fully saturated rings. The Bertz CT molecular complexity index is 616. The summed E-state index contributed by atoms with van der Waals surface area (Å²) in [4.78, 5) is 11.7. The molecule has 1 aromatic carbocycles. The Hall–Kier alpha value is -1.95. The Balaban J connectivity index is 2.53. The van der Waals surface area contributed by atoms with Crippen LogP contribution in [-0.2, 0) is 0 Å². The second-order valence-corrected chi connectivity index (χ2v) is 3.71. The van der Waals surface area contributed by atoms with Gasteiger partial charge in [0.2, 0.25) is 0 Å². The van der Waals surface area contributed by atoms with Crippen molar-refractivity contribution in [2.75, 3.05) is 0 Å². The van der Waals surface area contributed by atoms with Gasteiger partial charge in [-0.05, 0) is 12.1 Å². The monoisotopic (exact) mass is 272 g/mol. The highest BCUT2D eigenvalue weighted by atomic mass is 35.5. The molecule has 0 radical (unpaired) electrons. The van der Waals surface area contributed by atoms with E-state index in [9.17, 15) is 13.6 Å². The van der Waals surface area contributed by atoms with E-state index in [0.29, 0.717) is 0 Å². The zero-order valence-electron chi connectivity index (χ0n) is 8.89. The van der Waals surface area contributed by atoms with Crippen molar-refractivity contribution in [3.8, 4) is 11.4 Å². The van der Waals surface area contributed by atoms with Crippen molar-refractivity contribution in [1.29, 1.82) is 0 Å². The molecule has 2 rings (SSSR count). The van der Waals surface area contributed by atoms with Crippen LogP contribution in [0.4, 0.5) is 8.78 Å². The lowest BCUT2D eigenvalue weighted by atomic mass is 10.3. The van der Waals surface area contributed by atoms with Gasteiger partial charge in [-0.2, -0.15) is 18.6 Å². The quantitative estimate of drug-likeness (QED) is 0.862. The smallest absolute Gasteiger partial charge is 0.387 e. The maximum atomic E-state index is 12.2. The number of rotatable bonds is 3. The van der Waals surface area contributed by atoms with Crippen LogP contribution in [0.2, 0.25) is 5.02 Å². The number of hydrogen-bond donors (Lipinski definition) is 0. The topological polar surface area (TPSA) is 44.1 Å². The van der Waals surface area contributed by atoms with Gasteiger partial charge in [0.15, 0.2) is 5.75 Å². The SMILES string of the molecule is O=c1cc(Cl)cnn1-c1ccccc1OC(F)F. The van der Waals surface area contributed by atoms with Crippen molar-refractivity contribution < 1.29 is 13.5 Å². The van der Waals surface area contributed by atoms with Gasteiger partial charge in [0, 0.05) is 6.07 Å². The van der Waals surface area contributed by atoms with E-state index in [1.165, 1.54) is 24.4 Å². The Labute approximate surface area is 105 Å². The summed E-state index contributed by atoms with van der Waals surface area (Å²) in [6, 6.07) is 7.00. The van der Waals surface area contributed by atoms with Crippen LogP contribution < -0.4 is 10.3 Å². The Morgan fingerprint density at radius 2 is 2.06 bits per heavy atom. The Kier molecular flexibility index (Phi) is 3.57. The number of aromatic nitrogens is 2. The van der Waals surface area contributed by atoms with E-state index in [0.717, 1.165) is 10.7 Å². The highest BCUT2D eigenvalue weighted by Gasteiger charge is 2.12. The van der Waals surface area contributed by atoms with Gasteiger partial charge in [-0.25, -0.2) is 0 Å². The highest BCUT2D eigenvalue weighted by molar-refractivity contribution is 6.30. The van der Waals surface area contributed by atoms with Crippen LogP contribution in [0.15, 0.2) is 41.3 Å². The summed E-state index contributed by atoms with van der Waals surface area (Å²) in [5.74, 6) is -0.135. The van der Waals surface area contributed by atoms with Gasteiger partial charge >= 0.3 is 6.61 Å². The fourth-order valence-corrected chi connectivity index (χ4v) is 1.53. The summed E-state index contributed by atoms with van der Waals surface area (Å²) in [6.07, 6.45) is 1.24. The summed E-state index contributed by atoms with van der Waals surface area (Å²) < 4.78 is 29.7. The zero-order chi connectivity index (χ0) is 13.1. The third kappa shape index (κ3) is 2.65. The summed E-state index contributed by atoms with van der Waals surface area (Å²) in [7, 11) is 0. The van der Waals surface area contributed by atoms with E-state index in [1.807, 2.05) is 0 Å². The number of halogens is 3. The summed E-state index contributed by atoms with van der Waals surface area (Å²) in [5.41, 5.74) is -0.410. The highest BCUT2D eigenvalue weighted by Crippen LogP contribution is 2.22. The van der Waals surface area contributed by atoms with Crippen LogP contribution in [0, 0.1) is 0 Å². The van der Waals surface area contributed by atoms with E-state index in [2.05, 4.69) is 9.84 Å². The minimum atomic E-state index is -2.98. The van der Waals surface area contributed by atoms with E-state index >= 15 is 0 Å². The van der Waals surface area contributed by atoms with Crippen molar-refractivity contribution in [2.24, 2.45) is 0 Å². The Morgan fingerprint density at radius 3 is 2.72 bits per heavy atom. The molecule has 0 unspecified atom stereocenters. The standard InChI is InChI=1S/C11H7ClF2N2O2/c12-7-5-10(17)16(15-6-7)8-3-1-2-4-9(8)18-11(13)14/h1-6,11H. The minimum Gasteiger partial charge on any atom is -0.433 e. The van der Waals surface area contributed by atoms with Gasteiger partial charge in [-0.15, -0.1) is 0 Å². The second-order valence-electron chi connectivity index (χ2n) is 3.27. The van der Waals surface area contributed by atoms with Crippen molar-refractivity contribution in [3.05, 3.63) is 51.9 Å². The number of ether oxygens (including phenoxy) is 1. The molecule has 0 saturated carbocycles. The molecule has 7 heteroatoms. The maximum Gasteiger partial charge on any atom is 0.387 e. The van der Waals surface area contributed by atoms with Gasteiger partial charge in [-0.3, -0.25) is 4.79 Å². The molecule has 0 atom stereocenters. The molecule has 0 spiro atoms. The largest absolute Gasteiger partial charge is 0.433 e. The number of benzene rings is 1. The molecule has 1 heterocycles. The maximum absolute atomic E-state index is 12.2. The molecule has 1 aromatic heterocycles. The van der Waals surface area contributed by atoms with Crippen LogP contribution in [0.5, 0.6) is 5.75 Å². The Morgan fingerprint density at radius 1 is 1.33 bits per heavy atom. The third-order valence-electron chi connectivity index (χ3n) is 2.08. The first-order chi connectivity index (χ1) is 8.58. The first-order valence-corrected chi connectivity index (χ1v) is 5.25. The summed E-state index contributed by atoms with van der Waals surface area (Å²) >= 11 is 5.60. The van der Waals surface area contributed by atoms with Crippen LogP contribution in [0.1, 0.15) is 0 Å².